The van der Waals surface area contributed by atoms with Crippen LogP contribution in [-0.2, 0) is 0 Å². The molecule has 0 amide bonds. The normalized spacial score (nSPS) is 10.8. The smallest absolute Gasteiger partial charge is 0.144 e. The number of para-hydroxylation sites is 2. The number of aromatic nitrogens is 3. The van der Waals surface area contributed by atoms with Gasteiger partial charge < -0.3 is 4.74 Å². The van der Waals surface area contributed by atoms with E-state index in [9.17, 15) is 0 Å². The quantitative estimate of drug-likeness (QED) is 0.629. The lowest BCUT2D eigenvalue weighted by molar-refractivity contribution is 0.411. The minimum atomic E-state index is 0.779. The van der Waals surface area contributed by atoms with Crippen molar-refractivity contribution in [2.75, 3.05) is 7.11 Å². The highest BCUT2D eigenvalue weighted by molar-refractivity contribution is 14.1. The molecule has 0 N–H and O–H groups in total. The number of aryl methyl sites for hydroxylation is 1. The molecule has 2 aromatic heterocycles. The van der Waals surface area contributed by atoms with Crippen LogP contribution >= 0.6 is 33.9 Å². The SMILES string of the molecule is COc1ccccc1-n1cc(-c2sc(I)cc2C)nn1. The number of hydrogen-bond donors (Lipinski definition) is 0. The number of halogens is 1. The van der Waals surface area contributed by atoms with Crippen LogP contribution in [0.2, 0.25) is 0 Å². The number of benzene rings is 1. The Bertz CT molecular complexity index is 750. The van der Waals surface area contributed by atoms with Crippen molar-refractivity contribution in [2.24, 2.45) is 0 Å². The summed E-state index contributed by atoms with van der Waals surface area (Å²) in [5.41, 5.74) is 3.01. The molecular formula is C14H12IN3OS. The molecule has 0 radical (unpaired) electrons. The molecule has 0 saturated heterocycles. The van der Waals surface area contributed by atoms with E-state index in [1.54, 1.807) is 23.1 Å². The maximum atomic E-state index is 5.36. The Kier molecular flexibility index (Phi) is 3.75. The van der Waals surface area contributed by atoms with Crippen LogP contribution in [0.4, 0.5) is 0 Å². The van der Waals surface area contributed by atoms with E-state index in [-0.39, 0.29) is 0 Å². The molecule has 0 spiro atoms. The molecule has 1 aromatic carbocycles. The van der Waals surface area contributed by atoms with E-state index in [4.69, 9.17) is 4.74 Å². The Morgan fingerprint density at radius 3 is 2.80 bits per heavy atom. The van der Waals surface area contributed by atoms with Gasteiger partial charge in [-0.15, -0.1) is 16.4 Å². The summed E-state index contributed by atoms with van der Waals surface area (Å²) < 4.78 is 8.36. The van der Waals surface area contributed by atoms with Crippen LogP contribution in [-0.4, -0.2) is 22.1 Å². The highest BCUT2D eigenvalue weighted by Gasteiger charge is 2.12. The fourth-order valence-electron chi connectivity index (χ4n) is 2.00. The van der Waals surface area contributed by atoms with Crippen LogP contribution in [0.5, 0.6) is 5.75 Å². The summed E-state index contributed by atoms with van der Waals surface area (Å²) in [4.78, 5) is 1.16. The molecule has 0 aliphatic heterocycles. The van der Waals surface area contributed by atoms with E-state index in [2.05, 4.69) is 45.9 Å². The average Bonchev–Trinajstić information content (AvgIpc) is 3.05. The molecule has 0 bridgehead atoms. The van der Waals surface area contributed by atoms with E-state index < -0.39 is 0 Å². The lowest BCUT2D eigenvalue weighted by Gasteiger charge is -2.06. The first-order valence-electron chi connectivity index (χ1n) is 6.01. The minimum absolute atomic E-state index is 0.779. The van der Waals surface area contributed by atoms with Crippen molar-refractivity contribution < 1.29 is 4.74 Å². The molecule has 3 rings (SSSR count). The number of hydrogen-bond acceptors (Lipinski definition) is 4. The Hall–Kier alpha value is -1.41. The van der Waals surface area contributed by atoms with Crippen molar-refractivity contribution in [3.63, 3.8) is 0 Å². The second-order valence-electron chi connectivity index (χ2n) is 4.28. The van der Waals surface area contributed by atoms with E-state index in [0.717, 1.165) is 22.0 Å². The fourth-order valence-corrected chi connectivity index (χ4v) is 3.98. The predicted molar refractivity (Wildman–Crippen MR) is 88.7 cm³/mol. The lowest BCUT2D eigenvalue weighted by atomic mass is 10.2. The molecule has 6 heteroatoms. The molecular weight excluding hydrogens is 385 g/mol. The molecule has 3 aromatic rings. The van der Waals surface area contributed by atoms with Crippen molar-refractivity contribution >= 4 is 33.9 Å². The van der Waals surface area contributed by atoms with Gasteiger partial charge in [0.25, 0.3) is 0 Å². The summed E-state index contributed by atoms with van der Waals surface area (Å²) >= 11 is 4.05. The lowest BCUT2D eigenvalue weighted by Crippen LogP contribution is -1.98. The van der Waals surface area contributed by atoms with Crippen LogP contribution in [0.1, 0.15) is 5.56 Å². The van der Waals surface area contributed by atoms with Gasteiger partial charge in [0, 0.05) is 0 Å². The number of methoxy groups -OCH3 is 1. The molecule has 20 heavy (non-hydrogen) atoms. The zero-order chi connectivity index (χ0) is 14.1. The highest BCUT2D eigenvalue weighted by atomic mass is 127. The van der Waals surface area contributed by atoms with Crippen molar-refractivity contribution in [3.05, 3.63) is 45.0 Å². The van der Waals surface area contributed by atoms with Gasteiger partial charge in [-0.25, -0.2) is 4.68 Å². The van der Waals surface area contributed by atoms with Crippen LogP contribution in [0.3, 0.4) is 0 Å². The third kappa shape index (κ3) is 2.45. The van der Waals surface area contributed by atoms with Gasteiger partial charge >= 0.3 is 0 Å². The molecule has 4 nitrogen and oxygen atoms in total. The zero-order valence-corrected chi connectivity index (χ0v) is 14.0. The summed E-state index contributed by atoms with van der Waals surface area (Å²) in [6, 6.07) is 9.92. The number of nitrogens with zero attached hydrogens (tertiary/aromatic N) is 3. The molecule has 0 aliphatic carbocycles. The standard InChI is InChI=1S/C14H12IN3OS/c1-9-7-13(15)20-14(9)10-8-18(17-16-10)11-5-3-4-6-12(11)19-2/h3-8H,1-2H3. The Labute approximate surface area is 134 Å². The van der Waals surface area contributed by atoms with Crippen LogP contribution in [0, 0.1) is 9.81 Å². The molecule has 0 saturated carbocycles. The van der Waals surface area contributed by atoms with Gasteiger partial charge in [0.15, 0.2) is 0 Å². The summed E-state index contributed by atoms with van der Waals surface area (Å²) in [7, 11) is 1.66. The van der Waals surface area contributed by atoms with Crippen molar-refractivity contribution in [3.8, 4) is 22.0 Å². The third-order valence-electron chi connectivity index (χ3n) is 2.95. The van der Waals surface area contributed by atoms with E-state index in [0.29, 0.717) is 0 Å². The van der Waals surface area contributed by atoms with Gasteiger partial charge in [-0.3, -0.25) is 0 Å². The minimum Gasteiger partial charge on any atom is -0.494 e. The molecule has 0 aliphatic rings. The maximum Gasteiger partial charge on any atom is 0.144 e. The van der Waals surface area contributed by atoms with E-state index >= 15 is 0 Å². The van der Waals surface area contributed by atoms with Crippen molar-refractivity contribution in [1.82, 2.24) is 15.0 Å². The first-order valence-corrected chi connectivity index (χ1v) is 7.90. The monoisotopic (exact) mass is 397 g/mol. The van der Waals surface area contributed by atoms with Gasteiger partial charge in [0.1, 0.15) is 17.1 Å². The molecule has 0 unspecified atom stereocenters. The van der Waals surface area contributed by atoms with Gasteiger partial charge in [-0.2, -0.15) is 0 Å². The number of rotatable bonds is 3. The largest absolute Gasteiger partial charge is 0.494 e. The van der Waals surface area contributed by atoms with Crippen molar-refractivity contribution in [1.29, 1.82) is 0 Å². The van der Waals surface area contributed by atoms with Gasteiger partial charge in [-0.1, -0.05) is 17.3 Å². The van der Waals surface area contributed by atoms with E-state index in [1.165, 1.54) is 8.45 Å². The van der Waals surface area contributed by atoms with Crippen LogP contribution in [0.15, 0.2) is 36.5 Å². The van der Waals surface area contributed by atoms with Gasteiger partial charge in [0.05, 0.1) is 21.1 Å². The summed E-state index contributed by atoms with van der Waals surface area (Å²) in [6.07, 6.45) is 1.94. The first-order chi connectivity index (χ1) is 9.69. The fraction of sp³-hybridized carbons (Fsp3) is 0.143. The van der Waals surface area contributed by atoms with Gasteiger partial charge in [0.2, 0.25) is 0 Å². The Morgan fingerprint density at radius 1 is 1.30 bits per heavy atom. The molecule has 0 fully saturated rings. The molecule has 2 heterocycles. The number of thiophene rings is 1. The van der Waals surface area contributed by atoms with Crippen molar-refractivity contribution in [2.45, 2.75) is 6.92 Å². The zero-order valence-electron chi connectivity index (χ0n) is 11.0. The van der Waals surface area contributed by atoms with Crippen LogP contribution in [0.25, 0.3) is 16.3 Å². The Balaban J connectivity index is 2.04. The molecule has 102 valence electrons. The first kappa shape index (κ1) is 13.6. The molecule has 0 atom stereocenters. The van der Waals surface area contributed by atoms with Crippen LogP contribution < -0.4 is 4.74 Å². The topological polar surface area (TPSA) is 39.9 Å². The highest BCUT2D eigenvalue weighted by Crippen LogP contribution is 2.32. The second-order valence-corrected chi connectivity index (χ2v) is 7.23. The number of ether oxygens (including phenoxy) is 1. The Morgan fingerprint density at radius 2 is 2.10 bits per heavy atom. The maximum absolute atomic E-state index is 5.36. The third-order valence-corrected chi connectivity index (χ3v) is 4.97. The van der Waals surface area contributed by atoms with E-state index in [1.807, 2.05) is 30.5 Å². The van der Waals surface area contributed by atoms with Gasteiger partial charge in [-0.05, 0) is 53.3 Å². The summed E-state index contributed by atoms with van der Waals surface area (Å²) in [5, 5.41) is 8.49. The predicted octanol–water partition coefficient (Wildman–Crippen LogP) is 3.92. The second kappa shape index (κ2) is 5.53. The summed E-state index contributed by atoms with van der Waals surface area (Å²) in [6.45, 7) is 2.09. The summed E-state index contributed by atoms with van der Waals surface area (Å²) in [5.74, 6) is 0.779. The average molecular weight is 397 g/mol.